The van der Waals surface area contributed by atoms with E-state index < -0.39 is 0 Å². The average molecular weight is 311 g/mol. The smallest absolute Gasteiger partial charge is 0.00196 e. The maximum Gasteiger partial charge on any atom is 0.00196 e. The number of hydrogen-bond donors (Lipinski definition) is 0. The summed E-state index contributed by atoms with van der Waals surface area (Å²) in [5, 5.41) is 0. The summed E-state index contributed by atoms with van der Waals surface area (Å²) in [7, 11) is 0. The number of hydrogen-bond acceptors (Lipinski definition) is 0. The molecule has 126 valence electrons. The van der Waals surface area contributed by atoms with E-state index in [-0.39, 0.29) is 0 Å². The summed E-state index contributed by atoms with van der Waals surface area (Å²) >= 11 is 0. The Labute approximate surface area is 143 Å². The molecule has 2 unspecified atom stereocenters. The van der Waals surface area contributed by atoms with E-state index in [1.165, 1.54) is 29.5 Å². The first-order valence-electron chi connectivity index (χ1n) is 9.30. The van der Waals surface area contributed by atoms with Crippen LogP contribution >= 0.6 is 0 Å². The lowest BCUT2D eigenvalue weighted by atomic mass is 9.84. The highest BCUT2D eigenvalue weighted by Crippen LogP contribution is 2.58. The average Bonchev–Trinajstić information content (AvgIpc) is 3.26. The van der Waals surface area contributed by atoms with Crippen molar-refractivity contribution in [3.05, 3.63) is 58.7 Å². The van der Waals surface area contributed by atoms with Crippen molar-refractivity contribution in [2.75, 3.05) is 0 Å². The van der Waals surface area contributed by atoms with Crippen molar-refractivity contribution >= 4 is 0 Å². The van der Waals surface area contributed by atoms with Crippen LogP contribution in [0.4, 0.5) is 0 Å². The second-order valence-corrected chi connectivity index (χ2v) is 7.91. The maximum atomic E-state index is 2.48. The van der Waals surface area contributed by atoms with E-state index in [1.807, 2.05) is 0 Å². The third-order valence-corrected chi connectivity index (χ3v) is 5.70. The van der Waals surface area contributed by atoms with Gasteiger partial charge < -0.3 is 0 Å². The molecule has 0 aliphatic heterocycles. The summed E-state index contributed by atoms with van der Waals surface area (Å²) in [5.41, 5.74) is 6.30. The normalized spacial score (nSPS) is 24.9. The zero-order chi connectivity index (χ0) is 17.2. The van der Waals surface area contributed by atoms with Gasteiger partial charge in [-0.15, -0.1) is 0 Å². The standard InChI is InChI=1S/C23H34/c1-8-18(7)10-11-21-15-23(21,9-2)22-13-19(16(3)4)12-20(14-22)17(5)6/h8,10-14,16-17,21H,9,15H2,1-7H3/b11-10+,18-8+. The van der Waals surface area contributed by atoms with Gasteiger partial charge >= 0.3 is 0 Å². The molecule has 0 N–H and O–H groups in total. The van der Waals surface area contributed by atoms with Crippen LogP contribution in [0.15, 0.2) is 42.0 Å². The monoisotopic (exact) mass is 310 g/mol. The molecule has 0 amide bonds. The van der Waals surface area contributed by atoms with Crippen molar-refractivity contribution in [1.82, 2.24) is 0 Å². The van der Waals surface area contributed by atoms with Gasteiger partial charge in [0.25, 0.3) is 0 Å². The topological polar surface area (TPSA) is 0 Å². The van der Waals surface area contributed by atoms with E-state index in [9.17, 15) is 0 Å². The highest BCUT2D eigenvalue weighted by atomic mass is 14.6. The summed E-state index contributed by atoms with van der Waals surface area (Å²) in [5.74, 6) is 1.89. The van der Waals surface area contributed by atoms with E-state index in [4.69, 9.17) is 0 Å². The fourth-order valence-electron chi connectivity index (χ4n) is 3.52. The molecule has 0 saturated heterocycles. The van der Waals surface area contributed by atoms with Crippen LogP contribution in [-0.2, 0) is 5.41 Å². The molecule has 0 heteroatoms. The van der Waals surface area contributed by atoms with Gasteiger partial charge in [-0.3, -0.25) is 0 Å². The molecule has 0 bridgehead atoms. The van der Waals surface area contributed by atoms with E-state index in [2.05, 4.69) is 84.9 Å². The van der Waals surface area contributed by atoms with Crippen LogP contribution in [0.5, 0.6) is 0 Å². The molecule has 1 aliphatic carbocycles. The fourth-order valence-corrected chi connectivity index (χ4v) is 3.52. The van der Waals surface area contributed by atoms with Crippen LogP contribution in [0.2, 0.25) is 0 Å². The van der Waals surface area contributed by atoms with Gasteiger partial charge in [-0.1, -0.05) is 76.6 Å². The lowest BCUT2D eigenvalue weighted by molar-refractivity contribution is 0.624. The minimum atomic E-state index is 0.374. The molecule has 2 rings (SSSR count). The Bertz CT molecular complexity index is 574. The third-order valence-electron chi connectivity index (χ3n) is 5.70. The molecule has 0 nitrogen and oxygen atoms in total. The van der Waals surface area contributed by atoms with Crippen molar-refractivity contribution in [3.63, 3.8) is 0 Å². The van der Waals surface area contributed by atoms with Gasteiger partial charge in [0.2, 0.25) is 0 Å². The van der Waals surface area contributed by atoms with E-state index in [1.54, 1.807) is 5.56 Å². The summed E-state index contributed by atoms with van der Waals surface area (Å²) in [6.45, 7) is 15.9. The fraction of sp³-hybridized carbons (Fsp3) is 0.565. The highest BCUT2D eigenvalue weighted by Gasteiger charge is 2.52. The van der Waals surface area contributed by atoms with Crippen molar-refractivity contribution in [3.8, 4) is 0 Å². The van der Waals surface area contributed by atoms with Crippen LogP contribution in [0.3, 0.4) is 0 Å². The Morgan fingerprint density at radius 1 is 1.13 bits per heavy atom. The Morgan fingerprint density at radius 3 is 2.13 bits per heavy atom. The van der Waals surface area contributed by atoms with Gasteiger partial charge in [-0.2, -0.15) is 0 Å². The number of rotatable bonds is 6. The summed E-state index contributed by atoms with van der Waals surface area (Å²) < 4.78 is 0. The van der Waals surface area contributed by atoms with Gasteiger partial charge in [0.15, 0.2) is 0 Å². The van der Waals surface area contributed by atoms with Crippen molar-refractivity contribution in [2.24, 2.45) is 5.92 Å². The molecule has 0 heterocycles. The van der Waals surface area contributed by atoms with Crippen molar-refractivity contribution < 1.29 is 0 Å². The molecule has 1 fully saturated rings. The molecular formula is C23H34. The summed E-state index contributed by atoms with van der Waals surface area (Å²) in [4.78, 5) is 0. The first-order valence-corrected chi connectivity index (χ1v) is 9.30. The predicted molar refractivity (Wildman–Crippen MR) is 103 cm³/mol. The first kappa shape index (κ1) is 18.0. The number of allylic oxidation sites excluding steroid dienone is 4. The minimum absolute atomic E-state index is 0.374. The largest absolute Gasteiger partial charge is 0.0847 e. The Hall–Kier alpha value is -1.30. The lowest BCUT2D eigenvalue weighted by Gasteiger charge is -2.20. The van der Waals surface area contributed by atoms with E-state index >= 15 is 0 Å². The predicted octanol–water partition coefficient (Wildman–Crippen LogP) is 7.12. The SMILES string of the molecule is C/C=C(C)/C=C/C1CC1(CC)c1cc(C(C)C)cc(C(C)C)c1. The summed E-state index contributed by atoms with van der Waals surface area (Å²) in [6.07, 6.45) is 9.46. The molecule has 1 aliphatic rings. The second kappa shape index (κ2) is 7.07. The molecule has 0 aromatic heterocycles. The highest BCUT2D eigenvalue weighted by molar-refractivity contribution is 5.43. The minimum Gasteiger partial charge on any atom is -0.0847 e. The van der Waals surface area contributed by atoms with Crippen molar-refractivity contribution in [1.29, 1.82) is 0 Å². The Balaban J connectivity index is 2.37. The second-order valence-electron chi connectivity index (χ2n) is 7.91. The molecule has 0 radical (unpaired) electrons. The first-order chi connectivity index (χ1) is 10.8. The van der Waals surface area contributed by atoms with Gasteiger partial charge in [0, 0.05) is 5.41 Å². The molecule has 2 atom stereocenters. The Kier molecular flexibility index (Phi) is 5.55. The third kappa shape index (κ3) is 3.79. The van der Waals surface area contributed by atoms with Crippen LogP contribution in [0.1, 0.15) is 89.8 Å². The zero-order valence-electron chi connectivity index (χ0n) is 16.1. The Morgan fingerprint density at radius 2 is 1.70 bits per heavy atom. The van der Waals surface area contributed by atoms with Crippen LogP contribution in [-0.4, -0.2) is 0 Å². The quantitative estimate of drug-likeness (QED) is 0.490. The van der Waals surface area contributed by atoms with Gasteiger partial charge in [-0.25, -0.2) is 0 Å². The van der Waals surface area contributed by atoms with Gasteiger partial charge in [0.1, 0.15) is 0 Å². The molecule has 1 aromatic rings. The van der Waals surface area contributed by atoms with Gasteiger partial charge in [0.05, 0.1) is 0 Å². The zero-order valence-corrected chi connectivity index (χ0v) is 16.1. The molecule has 0 spiro atoms. The molecule has 1 aromatic carbocycles. The van der Waals surface area contributed by atoms with E-state index in [0.717, 1.165) is 0 Å². The summed E-state index contributed by atoms with van der Waals surface area (Å²) in [6, 6.07) is 7.38. The van der Waals surface area contributed by atoms with Crippen molar-refractivity contribution in [2.45, 2.75) is 78.6 Å². The van der Waals surface area contributed by atoms with Crippen LogP contribution < -0.4 is 0 Å². The van der Waals surface area contributed by atoms with Gasteiger partial charge in [-0.05, 0) is 61.1 Å². The number of benzene rings is 1. The maximum absolute atomic E-state index is 2.48. The van der Waals surface area contributed by atoms with E-state index in [0.29, 0.717) is 23.2 Å². The lowest BCUT2D eigenvalue weighted by Crippen LogP contribution is -2.10. The van der Waals surface area contributed by atoms with Crippen LogP contribution in [0, 0.1) is 5.92 Å². The van der Waals surface area contributed by atoms with Crippen LogP contribution in [0.25, 0.3) is 0 Å². The molecule has 23 heavy (non-hydrogen) atoms. The molecule has 1 saturated carbocycles. The molecular weight excluding hydrogens is 276 g/mol.